The van der Waals surface area contributed by atoms with E-state index in [1.807, 2.05) is 0 Å². The van der Waals surface area contributed by atoms with Gasteiger partial charge in [0, 0.05) is 5.56 Å². The van der Waals surface area contributed by atoms with E-state index in [1.54, 1.807) is 0 Å². The standard InChI is InChI=1S/C11H13N3O8/c1-5-4-14(10(20)13-8(5)12)22-7(17)3-11(21,9(18)19)2-6(15)16/h4,21H,2-3H2,1H3,(H,15,16)(H,18,19)(H2,12,13,20). The molecule has 1 aromatic heterocycles. The number of carbonyl (C=O) groups is 3. The van der Waals surface area contributed by atoms with Crippen molar-refractivity contribution < 1.29 is 34.5 Å². The predicted molar refractivity (Wildman–Crippen MR) is 68.7 cm³/mol. The van der Waals surface area contributed by atoms with E-state index in [9.17, 15) is 24.3 Å². The maximum Gasteiger partial charge on any atom is 0.382 e. The highest BCUT2D eigenvalue weighted by Gasteiger charge is 2.41. The van der Waals surface area contributed by atoms with Crippen LogP contribution in [0.4, 0.5) is 5.82 Å². The average molecular weight is 315 g/mol. The van der Waals surface area contributed by atoms with E-state index in [1.165, 1.54) is 6.92 Å². The number of aliphatic carboxylic acids is 2. The van der Waals surface area contributed by atoms with Crippen LogP contribution in [0.2, 0.25) is 0 Å². The van der Waals surface area contributed by atoms with Gasteiger partial charge in [0.2, 0.25) is 0 Å². The molecule has 11 heteroatoms. The Bertz CT molecular complexity index is 682. The molecule has 0 aliphatic carbocycles. The predicted octanol–water partition coefficient (Wildman–Crippen LogP) is -2.23. The first-order valence-corrected chi connectivity index (χ1v) is 5.79. The Balaban J connectivity index is 2.94. The number of aromatic nitrogens is 2. The van der Waals surface area contributed by atoms with Crippen LogP contribution in [0.15, 0.2) is 11.0 Å². The van der Waals surface area contributed by atoms with Gasteiger partial charge in [0.25, 0.3) is 0 Å². The van der Waals surface area contributed by atoms with E-state index in [4.69, 9.17) is 15.9 Å². The summed E-state index contributed by atoms with van der Waals surface area (Å²) >= 11 is 0. The Hall–Kier alpha value is -2.95. The number of nitrogens with zero attached hydrogens (tertiary/aromatic N) is 2. The molecule has 0 aromatic carbocycles. The molecule has 1 heterocycles. The van der Waals surface area contributed by atoms with Crippen LogP contribution >= 0.6 is 0 Å². The van der Waals surface area contributed by atoms with Gasteiger partial charge < -0.3 is 25.9 Å². The molecule has 5 N–H and O–H groups in total. The van der Waals surface area contributed by atoms with Gasteiger partial charge in [-0.3, -0.25) is 4.79 Å². The lowest BCUT2D eigenvalue weighted by Crippen LogP contribution is -2.45. The van der Waals surface area contributed by atoms with E-state index >= 15 is 0 Å². The highest BCUT2D eigenvalue weighted by Crippen LogP contribution is 2.16. The van der Waals surface area contributed by atoms with Crippen LogP contribution in [0.1, 0.15) is 18.4 Å². The summed E-state index contributed by atoms with van der Waals surface area (Å²) in [7, 11) is 0. The molecular weight excluding hydrogens is 302 g/mol. The molecular formula is C11H13N3O8. The molecule has 0 saturated heterocycles. The number of carboxylic acid groups (broad SMARTS) is 2. The zero-order valence-corrected chi connectivity index (χ0v) is 11.3. The van der Waals surface area contributed by atoms with Gasteiger partial charge in [0.1, 0.15) is 5.82 Å². The third kappa shape index (κ3) is 4.02. The lowest BCUT2D eigenvalue weighted by molar-refractivity contribution is -0.172. The summed E-state index contributed by atoms with van der Waals surface area (Å²) in [6.45, 7) is 1.48. The summed E-state index contributed by atoms with van der Waals surface area (Å²) in [6, 6.07) is 0. The smallest absolute Gasteiger partial charge is 0.382 e. The van der Waals surface area contributed by atoms with E-state index in [0.29, 0.717) is 10.3 Å². The molecule has 22 heavy (non-hydrogen) atoms. The van der Waals surface area contributed by atoms with E-state index in [-0.39, 0.29) is 5.82 Å². The van der Waals surface area contributed by atoms with Crippen LogP contribution in [0.25, 0.3) is 0 Å². The summed E-state index contributed by atoms with van der Waals surface area (Å²) < 4.78 is 0.400. The van der Waals surface area contributed by atoms with E-state index in [0.717, 1.165) is 6.20 Å². The van der Waals surface area contributed by atoms with Crippen LogP contribution in [0.3, 0.4) is 0 Å². The Labute approximate surface area is 122 Å². The molecule has 0 radical (unpaired) electrons. The van der Waals surface area contributed by atoms with Crippen LogP contribution in [0, 0.1) is 6.92 Å². The molecule has 1 rings (SSSR count). The molecule has 11 nitrogen and oxygen atoms in total. The fourth-order valence-electron chi connectivity index (χ4n) is 1.45. The third-order valence-electron chi connectivity index (χ3n) is 2.60. The lowest BCUT2D eigenvalue weighted by atomic mass is 9.96. The second-order valence-electron chi connectivity index (χ2n) is 4.46. The molecule has 0 amide bonds. The maximum absolute atomic E-state index is 11.6. The number of hydrogen-bond acceptors (Lipinski definition) is 8. The fraction of sp³-hybridized carbons (Fsp3) is 0.364. The number of hydrogen-bond donors (Lipinski definition) is 4. The minimum absolute atomic E-state index is 0.0785. The zero-order chi connectivity index (χ0) is 17.1. The van der Waals surface area contributed by atoms with Crippen molar-refractivity contribution in [1.29, 1.82) is 0 Å². The van der Waals surface area contributed by atoms with Gasteiger partial charge in [-0.2, -0.15) is 4.98 Å². The number of carbonyl (C=O) groups excluding carboxylic acids is 1. The van der Waals surface area contributed by atoms with E-state index < -0.39 is 42.0 Å². The Morgan fingerprint density at radius 1 is 1.36 bits per heavy atom. The molecule has 0 fully saturated rings. The minimum Gasteiger partial charge on any atom is -0.481 e. The van der Waals surface area contributed by atoms with E-state index in [2.05, 4.69) is 9.82 Å². The third-order valence-corrected chi connectivity index (χ3v) is 2.60. The van der Waals surface area contributed by atoms with Crippen molar-refractivity contribution >= 4 is 23.7 Å². The lowest BCUT2D eigenvalue weighted by Gasteiger charge is -2.20. The molecule has 1 atom stereocenters. The first kappa shape index (κ1) is 17.1. The topological polar surface area (TPSA) is 182 Å². The molecule has 0 bridgehead atoms. The Morgan fingerprint density at radius 2 is 1.95 bits per heavy atom. The number of carboxylic acids is 2. The van der Waals surface area contributed by atoms with Crippen LogP contribution in [0.5, 0.6) is 0 Å². The summed E-state index contributed by atoms with van der Waals surface area (Å²) in [5.41, 5.74) is 1.79. The maximum atomic E-state index is 11.6. The number of nitrogens with two attached hydrogens (primary N) is 1. The second-order valence-corrected chi connectivity index (χ2v) is 4.46. The fourth-order valence-corrected chi connectivity index (χ4v) is 1.45. The van der Waals surface area contributed by atoms with Gasteiger partial charge in [0.15, 0.2) is 5.60 Å². The van der Waals surface area contributed by atoms with Crippen molar-refractivity contribution in [2.24, 2.45) is 0 Å². The molecule has 1 aromatic rings. The highest BCUT2D eigenvalue weighted by atomic mass is 16.7. The SMILES string of the molecule is Cc1cn(OC(=O)CC(O)(CC(=O)O)C(=O)O)c(=O)nc1N. The monoisotopic (exact) mass is 315 g/mol. The minimum atomic E-state index is -2.86. The van der Waals surface area contributed by atoms with Crippen LogP contribution in [-0.4, -0.2) is 48.5 Å². The largest absolute Gasteiger partial charge is 0.481 e. The number of rotatable bonds is 6. The number of aliphatic hydroxyl groups is 1. The molecule has 120 valence electrons. The van der Waals surface area contributed by atoms with Crippen LogP contribution in [-0.2, 0) is 14.4 Å². The van der Waals surface area contributed by atoms with Gasteiger partial charge in [-0.25, -0.2) is 14.4 Å². The summed E-state index contributed by atoms with van der Waals surface area (Å²) in [5.74, 6) is -4.95. The number of nitrogen functional groups attached to an aromatic ring is 1. The second kappa shape index (κ2) is 6.22. The van der Waals surface area contributed by atoms with Crippen molar-refractivity contribution in [3.8, 4) is 0 Å². The van der Waals surface area contributed by atoms with Gasteiger partial charge in [0.05, 0.1) is 19.0 Å². The average Bonchev–Trinajstić information content (AvgIpc) is 2.34. The van der Waals surface area contributed by atoms with Gasteiger partial charge >= 0.3 is 23.6 Å². The van der Waals surface area contributed by atoms with Gasteiger partial charge in [-0.05, 0) is 6.92 Å². The summed E-state index contributed by atoms with van der Waals surface area (Å²) in [4.78, 5) is 52.3. The Morgan fingerprint density at radius 3 is 2.45 bits per heavy atom. The molecule has 1 unspecified atom stereocenters. The van der Waals surface area contributed by atoms with Crippen molar-refractivity contribution in [2.75, 3.05) is 5.73 Å². The molecule has 0 aliphatic heterocycles. The normalized spacial score (nSPS) is 13.2. The Kier molecular flexibility index (Phi) is 4.83. The van der Waals surface area contributed by atoms with Gasteiger partial charge in [-0.15, -0.1) is 4.73 Å². The first-order valence-electron chi connectivity index (χ1n) is 5.79. The van der Waals surface area contributed by atoms with Crippen LogP contribution < -0.4 is 16.3 Å². The molecule has 0 saturated carbocycles. The quantitative estimate of drug-likeness (QED) is 0.448. The van der Waals surface area contributed by atoms with Crippen molar-refractivity contribution in [1.82, 2.24) is 9.71 Å². The van der Waals surface area contributed by atoms with Crippen molar-refractivity contribution in [3.05, 3.63) is 22.2 Å². The first-order chi connectivity index (χ1) is 10.0. The van der Waals surface area contributed by atoms with Crippen molar-refractivity contribution in [3.63, 3.8) is 0 Å². The van der Waals surface area contributed by atoms with Gasteiger partial charge in [-0.1, -0.05) is 0 Å². The molecule has 0 spiro atoms. The number of aryl methyl sites for hydroxylation is 1. The summed E-state index contributed by atoms with van der Waals surface area (Å²) in [5, 5.41) is 27.0. The number of anilines is 1. The highest BCUT2D eigenvalue weighted by molar-refractivity contribution is 5.88. The van der Waals surface area contributed by atoms with Crippen molar-refractivity contribution in [2.45, 2.75) is 25.4 Å². The molecule has 0 aliphatic rings. The zero-order valence-electron chi connectivity index (χ0n) is 11.3. The summed E-state index contributed by atoms with van der Waals surface area (Å²) in [6.07, 6.45) is -1.35.